The lowest BCUT2D eigenvalue weighted by atomic mass is 10.2. The van der Waals surface area contributed by atoms with Gasteiger partial charge in [0.2, 0.25) is 5.91 Å². The van der Waals surface area contributed by atoms with Crippen molar-refractivity contribution in [1.29, 1.82) is 0 Å². The van der Waals surface area contributed by atoms with Crippen LogP contribution in [0.4, 0.5) is 0 Å². The molecule has 0 rings (SSSR count). The van der Waals surface area contributed by atoms with Crippen LogP contribution < -0.4 is 5.32 Å². The van der Waals surface area contributed by atoms with E-state index in [1.165, 1.54) is 6.92 Å². The van der Waals surface area contributed by atoms with Crippen molar-refractivity contribution in [3.8, 4) is 0 Å². The zero-order valence-corrected chi connectivity index (χ0v) is 6.23. The average Bonchev–Trinajstić information content (AvgIpc) is 1.85. The third-order valence-electron chi connectivity index (χ3n) is 1.04. The van der Waals surface area contributed by atoms with Gasteiger partial charge in [-0.1, -0.05) is 13.5 Å². The van der Waals surface area contributed by atoms with Crippen LogP contribution in [0, 0.1) is 0 Å². The van der Waals surface area contributed by atoms with E-state index in [-0.39, 0.29) is 11.8 Å². The van der Waals surface area contributed by atoms with E-state index in [1.54, 1.807) is 0 Å². The van der Waals surface area contributed by atoms with Crippen LogP contribution in [0.5, 0.6) is 0 Å². The number of hydrogen-bond donors (Lipinski definition) is 1. The van der Waals surface area contributed by atoms with E-state index in [4.69, 9.17) is 0 Å². The lowest BCUT2D eigenvalue weighted by molar-refractivity contribution is -0.127. The van der Waals surface area contributed by atoms with Crippen LogP contribution in [0.1, 0.15) is 20.3 Å². The number of carbonyl (C=O) groups is 2. The summed E-state index contributed by atoms with van der Waals surface area (Å²) >= 11 is 0. The fourth-order valence-electron chi connectivity index (χ4n) is 0.409. The standard InChI is InChI=1S/C7H11NO2/c1-4-5(2)7(10)8-6(3)9/h2,4H2,1,3H3,(H,8,9,10). The second kappa shape index (κ2) is 3.82. The first kappa shape index (κ1) is 8.88. The second-order valence-electron chi connectivity index (χ2n) is 1.97. The van der Waals surface area contributed by atoms with Gasteiger partial charge in [0.25, 0.3) is 5.91 Å². The van der Waals surface area contributed by atoms with Gasteiger partial charge in [-0.25, -0.2) is 0 Å². The third kappa shape index (κ3) is 3.02. The molecule has 0 aliphatic rings. The summed E-state index contributed by atoms with van der Waals surface area (Å²) in [6.45, 7) is 6.56. The number of nitrogens with one attached hydrogen (secondary N) is 1. The van der Waals surface area contributed by atoms with Crippen molar-refractivity contribution in [3.63, 3.8) is 0 Å². The molecule has 10 heavy (non-hydrogen) atoms. The van der Waals surface area contributed by atoms with Crippen molar-refractivity contribution in [2.75, 3.05) is 0 Å². The Bertz CT molecular complexity index is 172. The summed E-state index contributed by atoms with van der Waals surface area (Å²) < 4.78 is 0. The first-order chi connectivity index (χ1) is 4.57. The van der Waals surface area contributed by atoms with Crippen LogP contribution >= 0.6 is 0 Å². The van der Waals surface area contributed by atoms with Crippen molar-refractivity contribution in [1.82, 2.24) is 5.32 Å². The summed E-state index contributed by atoms with van der Waals surface area (Å²) in [5.74, 6) is -0.727. The van der Waals surface area contributed by atoms with Gasteiger partial charge >= 0.3 is 0 Å². The number of carbonyl (C=O) groups excluding carboxylic acids is 2. The summed E-state index contributed by atoms with van der Waals surface area (Å²) in [5.41, 5.74) is 0.426. The van der Waals surface area contributed by atoms with Gasteiger partial charge in [0.1, 0.15) is 0 Å². The molecule has 2 amide bonds. The van der Waals surface area contributed by atoms with Gasteiger partial charge in [-0.2, -0.15) is 0 Å². The molecule has 0 fully saturated rings. The van der Waals surface area contributed by atoms with Crippen LogP contribution in [-0.4, -0.2) is 11.8 Å². The van der Waals surface area contributed by atoms with Gasteiger partial charge in [0.05, 0.1) is 0 Å². The van der Waals surface area contributed by atoms with Crippen molar-refractivity contribution in [2.45, 2.75) is 20.3 Å². The molecule has 1 N–H and O–H groups in total. The van der Waals surface area contributed by atoms with Crippen molar-refractivity contribution in [3.05, 3.63) is 12.2 Å². The normalized spacial score (nSPS) is 8.60. The highest BCUT2D eigenvalue weighted by atomic mass is 16.2. The van der Waals surface area contributed by atoms with E-state index in [1.807, 2.05) is 6.92 Å². The molecular formula is C7H11NO2. The van der Waals surface area contributed by atoms with Crippen LogP contribution in [-0.2, 0) is 9.59 Å². The Morgan fingerprint density at radius 3 is 2.30 bits per heavy atom. The maximum absolute atomic E-state index is 10.8. The lowest BCUT2D eigenvalue weighted by Crippen LogP contribution is -2.28. The molecule has 0 spiro atoms. The molecule has 56 valence electrons. The number of imide groups is 1. The van der Waals surface area contributed by atoms with Gasteiger partial charge in [0.15, 0.2) is 0 Å². The van der Waals surface area contributed by atoms with E-state index in [9.17, 15) is 9.59 Å². The molecule has 3 nitrogen and oxygen atoms in total. The summed E-state index contributed by atoms with van der Waals surface area (Å²) in [7, 11) is 0. The molecule has 0 radical (unpaired) electrons. The fraction of sp³-hybridized carbons (Fsp3) is 0.429. The third-order valence-corrected chi connectivity index (χ3v) is 1.04. The van der Waals surface area contributed by atoms with E-state index < -0.39 is 0 Å². The molecule has 0 unspecified atom stereocenters. The van der Waals surface area contributed by atoms with Crippen LogP contribution in [0.25, 0.3) is 0 Å². The first-order valence-electron chi connectivity index (χ1n) is 3.07. The minimum Gasteiger partial charge on any atom is -0.293 e. The molecule has 0 bridgehead atoms. The van der Waals surface area contributed by atoms with Gasteiger partial charge in [-0.15, -0.1) is 0 Å². The summed E-state index contributed by atoms with van der Waals surface area (Å²) in [6, 6.07) is 0. The minimum absolute atomic E-state index is 0.348. The van der Waals surface area contributed by atoms with Crippen LogP contribution in [0.3, 0.4) is 0 Å². The molecule has 0 saturated carbocycles. The molecule has 0 atom stereocenters. The largest absolute Gasteiger partial charge is 0.293 e. The first-order valence-corrected chi connectivity index (χ1v) is 3.07. The summed E-state index contributed by atoms with van der Waals surface area (Å²) in [4.78, 5) is 21.1. The number of rotatable bonds is 2. The molecule has 0 aliphatic heterocycles. The SMILES string of the molecule is C=C(CC)C(=O)NC(C)=O. The lowest BCUT2D eigenvalue weighted by Gasteiger charge is -1.99. The van der Waals surface area contributed by atoms with Crippen molar-refractivity contribution < 1.29 is 9.59 Å². The van der Waals surface area contributed by atoms with E-state index in [2.05, 4.69) is 11.9 Å². The molecule has 0 aromatic carbocycles. The zero-order chi connectivity index (χ0) is 8.15. The fourth-order valence-corrected chi connectivity index (χ4v) is 0.409. The molecule has 0 aliphatic carbocycles. The van der Waals surface area contributed by atoms with Gasteiger partial charge in [-0.3, -0.25) is 14.9 Å². The zero-order valence-electron chi connectivity index (χ0n) is 6.23. The molecule has 0 aromatic heterocycles. The Balaban J connectivity index is 3.86. The Kier molecular flexibility index (Phi) is 3.39. The van der Waals surface area contributed by atoms with Crippen LogP contribution in [0.15, 0.2) is 12.2 Å². The second-order valence-corrected chi connectivity index (χ2v) is 1.97. The monoisotopic (exact) mass is 141 g/mol. The summed E-state index contributed by atoms with van der Waals surface area (Å²) in [6.07, 6.45) is 0.569. The van der Waals surface area contributed by atoms with E-state index in [0.717, 1.165) is 0 Å². The Morgan fingerprint density at radius 1 is 1.50 bits per heavy atom. The van der Waals surface area contributed by atoms with Crippen molar-refractivity contribution in [2.24, 2.45) is 0 Å². The quantitative estimate of drug-likeness (QED) is 0.573. The van der Waals surface area contributed by atoms with Crippen LogP contribution in [0.2, 0.25) is 0 Å². The highest BCUT2D eigenvalue weighted by Gasteiger charge is 2.04. The molecule has 0 heterocycles. The highest BCUT2D eigenvalue weighted by Crippen LogP contribution is 1.94. The maximum Gasteiger partial charge on any atom is 0.253 e. The van der Waals surface area contributed by atoms with Crippen molar-refractivity contribution >= 4 is 11.8 Å². The minimum atomic E-state index is -0.380. The molecule has 0 aromatic rings. The maximum atomic E-state index is 10.8. The molecule has 3 heteroatoms. The predicted octanol–water partition coefficient (Wildman–Crippen LogP) is 0.615. The van der Waals surface area contributed by atoms with Gasteiger partial charge in [-0.05, 0) is 6.42 Å². The van der Waals surface area contributed by atoms with E-state index >= 15 is 0 Å². The number of amides is 2. The Morgan fingerprint density at radius 2 is 2.00 bits per heavy atom. The average molecular weight is 141 g/mol. The highest BCUT2D eigenvalue weighted by molar-refractivity contribution is 6.03. The Labute approximate surface area is 60.1 Å². The number of hydrogen-bond acceptors (Lipinski definition) is 2. The van der Waals surface area contributed by atoms with Gasteiger partial charge < -0.3 is 0 Å². The smallest absolute Gasteiger partial charge is 0.253 e. The van der Waals surface area contributed by atoms with E-state index in [0.29, 0.717) is 12.0 Å². The van der Waals surface area contributed by atoms with Gasteiger partial charge in [0, 0.05) is 12.5 Å². The predicted molar refractivity (Wildman–Crippen MR) is 38.3 cm³/mol. The topological polar surface area (TPSA) is 46.2 Å². The molecule has 0 saturated heterocycles. The molecular weight excluding hydrogens is 130 g/mol. The summed E-state index contributed by atoms with van der Waals surface area (Å²) in [5, 5.41) is 2.12. The Hall–Kier alpha value is -1.12.